The largest absolute Gasteiger partial charge is 0.354 e. The van der Waals surface area contributed by atoms with Crippen molar-refractivity contribution >= 4 is 33.8 Å². The fourth-order valence-electron chi connectivity index (χ4n) is 3.06. The van der Waals surface area contributed by atoms with Crippen molar-refractivity contribution in [1.82, 2.24) is 9.88 Å². The average molecular weight is 440 g/mol. The Morgan fingerprint density at radius 1 is 1.10 bits per heavy atom. The number of nitrogens with zero attached hydrogens (tertiary/aromatic N) is 1. The average Bonchev–Trinajstić information content (AvgIpc) is 3.07. The summed E-state index contributed by atoms with van der Waals surface area (Å²) >= 11 is 0. The molecule has 0 saturated carbocycles. The van der Waals surface area contributed by atoms with Gasteiger partial charge in [0.2, 0.25) is 15.9 Å². The molecule has 0 fully saturated rings. The van der Waals surface area contributed by atoms with E-state index in [0.29, 0.717) is 41.2 Å². The lowest BCUT2D eigenvalue weighted by atomic mass is 10.1. The maximum atomic E-state index is 12.8. The van der Waals surface area contributed by atoms with Crippen LogP contribution in [0.25, 0.3) is 12.2 Å². The van der Waals surface area contributed by atoms with Crippen LogP contribution in [0.15, 0.2) is 57.9 Å². The summed E-state index contributed by atoms with van der Waals surface area (Å²) in [6.45, 7) is 5.20. The highest BCUT2D eigenvalue weighted by molar-refractivity contribution is 7.89. The van der Waals surface area contributed by atoms with E-state index in [0.717, 1.165) is 5.56 Å². The minimum Gasteiger partial charge on any atom is -0.354 e. The summed E-state index contributed by atoms with van der Waals surface area (Å²) in [4.78, 5) is 11.6. The second kappa shape index (κ2) is 9.72. The molecule has 0 aliphatic rings. The molecule has 3 aromatic rings. The van der Waals surface area contributed by atoms with Gasteiger partial charge < -0.3 is 9.84 Å². The summed E-state index contributed by atoms with van der Waals surface area (Å²) in [5.41, 5.74) is 3.45. The molecule has 8 heteroatoms. The van der Waals surface area contributed by atoms with Crippen LogP contribution in [-0.2, 0) is 21.2 Å². The fraction of sp³-hybridized carbons (Fsp3) is 0.217. The third kappa shape index (κ3) is 5.90. The maximum absolute atomic E-state index is 12.8. The zero-order valence-electron chi connectivity index (χ0n) is 17.7. The Morgan fingerprint density at radius 2 is 1.84 bits per heavy atom. The van der Waals surface area contributed by atoms with Crippen molar-refractivity contribution in [3.63, 3.8) is 0 Å². The molecule has 0 saturated heterocycles. The number of sulfonamides is 1. The van der Waals surface area contributed by atoms with E-state index in [2.05, 4.69) is 15.2 Å². The molecule has 0 aliphatic heterocycles. The van der Waals surface area contributed by atoms with Crippen molar-refractivity contribution in [1.29, 1.82) is 0 Å². The Morgan fingerprint density at radius 3 is 2.55 bits per heavy atom. The van der Waals surface area contributed by atoms with Gasteiger partial charge in [-0.05, 0) is 49.1 Å². The quantitative estimate of drug-likeness (QED) is 0.554. The van der Waals surface area contributed by atoms with Crippen molar-refractivity contribution in [3.8, 4) is 0 Å². The molecule has 1 aromatic heterocycles. The summed E-state index contributed by atoms with van der Waals surface area (Å²) in [5.74, 6) is 0.157. The van der Waals surface area contributed by atoms with E-state index in [4.69, 9.17) is 4.52 Å². The smallest absolute Gasteiger partial charge is 0.240 e. The van der Waals surface area contributed by atoms with Gasteiger partial charge in [-0.3, -0.25) is 4.79 Å². The molecule has 1 amide bonds. The van der Waals surface area contributed by atoms with Crippen molar-refractivity contribution in [2.45, 2.75) is 32.1 Å². The molecule has 7 nitrogen and oxygen atoms in total. The molecule has 0 radical (unpaired) electrons. The van der Waals surface area contributed by atoms with E-state index in [9.17, 15) is 13.2 Å². The first-order valence-corrected chi connectivity index (χ1v) is 11.3. The number of rotatable bonds is 8. The van der Waals surface area contributed by atoms with Gasteiger partial charge in [0.05, 0.1) is 4.90 Å². The van der Waals surface area contributed by atoms with Gasteiger partial charge in [0.1, 0.15) is 11.4 Å². The molecule has 162 valence electrons. The van der Waals surface area contributed by atoms with Crippen molar-refractivity contribution in [2.75, 3.05) is 11.9 Å². The minimum atomic E-state index is -3.66. The first-order valence-electron chi connectivity index (χ1n) is 9.82. The molecule has 31 heavy (non-hydrogen) atoms. The Bertz CT molecular complexity index is 1200. The summed E-state index contributed by atoms with van der Waals surface area (Å²) < 4.78 is 33.6. The zero-order chi connectivity index (χ0) is 22.4. The maximum Gasteiger partial charge on any atom is 0.240 e. The Labute approximate surface area is 182 Å². The summed E-state index contributed by atoms with van der Waals surface area (Å²) in [6, 6.07) is 14.9. The molecule has 3 rings (SSSR count). The van der Waals surface area contributed by atoms with Gasteiger partial charge in [0.15, 0.2) is 5.76 Å². The molecule has 1 heterocycles. The molecule has 2 aromatic carbocycles. The Kier molecular flexibility index (Phi) is 7.04. The summed E-state index contributed by atoms with van der Waals surface area (Å²) in [5, 5.41) is 6.55. The van der Waals surface area contributed by atoms with Crippen LogP contribution < -0.4 is 10.0 Å². The van der Waals surface area contributed by atoms with Crippen LogP contribution in [0, 0.1) is 13.8 Å². The van der Waals surface area contributed by atoms with Crippen LogP contribution in [0.3, 0.4) is 0 Å². The highest BCUT2D eigenvalue weighted by Crippen LogP contribution is 2.24. The zero-order valence-corrected chi connectivity index (χ0v) is 18.5. The lowest BCUT2D eigenvalue weighted by Crippen LogP contribution is -2.26. The van der Waals surface area contributed by atoms with Crippen molar-refractivity contribution < 1.29 is 17.7 Å². The molecular formula is C23H25N3O4S. The molecule has 0 bridgehead atoms. The monoisotopic (exact) mass is 439 g/mol. The number of aromatic nitrogens is 1. The van der Waals surface area contributed by atoms with Gasteiger partial charge in [-0.1, -0.05) is 53.7 Å². The third-order valence-electron chi connectivity index (χ3n) is 4.67. The van der Waals surface area contributed by atoms with Crippen LogP contribution in [-0.4, -0.2) is 26.0 Å². The molecule has 0 unspecified atom stereocenters. The van der Waals surface area contributed by atoms with E-state index in [1.165, 1.54) is 6.92 Å². The predicted molar refractivity (Wildman–Crippen MR) is 121 cm³/mol. The third-order valence-corrected chi connectivity index (χ3v) is 6.27. The van der Waals surface area contributed by atoms with Crippen LogP contribution in [0.5, 0.6) is 0 Å². The Balaban J connectivity index is 1.77. The van der Waals surface area contributed by atoms with Gasteiger partial charge in [0.25, 0.3) is 0 Å². The van der Waals surface area contributed by atoms with E-state index >= 15 is 0 Å². The number of hydrogen-bond donors (Lipinski definition) is 2. The number of hydrogen-bond acceptors (Lipinski definition) is 5. The van der Waals surface area contributed by atoms with Crippen molar-refractivity contribution in [3.05, 3.63) is 76.7 Å². The molecule has 0 aliphatic carbocycles. The van der Waals surface area contributed by atoms with Gasteiger partial charge in [-0.15, -0.1) is 0 Å². The van der Waals surface area contributed by atoms with Crippen LogP contribution in [0.1, 0.15) is 35.1 Å². The van der Waals surface area contributed by atoms with Gasteiger partial charge in [-0.2, -0.15) is 0 Å². The van der Waals surface area contributed by atoms with Crippen LogP contribution >= 0.6 is 0 Å². The molecule has 0 atom stereocenters. The van der Waals surface area contributed by atoms with E-state index in [-0.39, 0.29) is 10.8 Å². The number of amides is 1. The number of nitrogens with one attached hydrogen (secondary N) is 2. The second-order valence-electron chi connectivity index (χ2n) is 7.18. The SMILES string of the molecule is CC(=O)Nc1c(C)noc1/C=C\c1ccc(C)c(S(=O)(=O)NCCc2ccccc2)c1. The number of benzene rings is 2. The van der Waals surface area contributed by atoms with Crippen LogP contribution in [0.4, 0.5) is 5.69 Å². The Hall–Kier alpha value is -3.23. The lowest BCUT2D eigenvalue weighted by Gasteiger charge is -2.10. The van der Waals surface area contributed by atoms with E-state index < -0.39 is 10.0 Å². The lowest BCUT2D eigenvalue weighted by molar-refractivity contribution is -0.114. The second-order valence-corrected chi connectivity index (χ2v) is 8.92. The summed E-state index contributed by atoms with van der Waals surface area (Å²) in [6.07, 6.45) is 3.97. The van der Waals surface area contributed by atoms with Gasteiger partial charge in [-0.25, -0.2) is 13.1 Å². The first-order chi connectivity index (χ1) is 14.8. The predicted octanol–water partition coefficient (Wildman–Crippen LogP) is 3.94. The van der Waals surface area contributed by atoms with Gasteiger partial charge in [0, 0.05) is 13.5 Å². The first kappa shape index (κ1) is 22.5. The molecular weight excluding hydrogens is 414 g/mol. The normalized spacial score (nSPS) is 11.7. The van der Waals surface area contributed by atoms with Crippen molar-refractivity contribution in [2.24, 2.45) is 0 Å². The summed E-state index contributed by atoms with van der Waals surface area (Å²) in [7, 11) is -3.66. The fourth-order valence-corrected chi connectivity index (χ4v) is 4.37. The van der Waals surface area contributed by atoms with E-state index in [1.54, 1.807) is 38.1 Å². The highest BCUT2D eigenvalue weighted by atomic mass is 32.2. The number of carbonyl (C=O) groups is 1. The van der Waals surface area contributed by atoms with E-state index in [1.807, 2.05) is 36.4 Å². The molecule has 2 N–H and O–H groups in total. The van der Waals surface area contributed by atoms with Crippen LogP contribution in [0.2, 0.25) is 0 Å². The topological polar surface area (TPSA) is 101 Å². The standard InChI is InChI=1S/C23H25N3O4S/c1-16-9-10-20(11-12-21-23(25-18(3)27)17(2)26-30-21)15-22(16)31(28,29)24-14-13-19-7-5-4-6-8-19/h4-12,15,24H,13-14H2,1-3H3,(H,25,27)/b12-11-. The van der Waals surface area contributed by atoms with Gasteiger partial charge >= 0.3 is 0 Å². The number of carbonyl (C=O) groups excluding carboxylic acids is 1. The highest BCUT2D eigenvalue weighted by Gasteiger charge is 2.17. The number of aryl methyl sites for hydroxylation is 2. The number of anilines is 1. The minimum absolute atomic E-state index is 0.221. The molecule has 0 spiro atoms.